The first kappa shape index (κ1) is 7.32. The van der Waals surface area contributed by atoms with Crippen LogP contribution in [0.1, 0.15) is 0 Å². The quantitative estimate of drug-likeness (QED) is 0.539. The van der Waals surface area contributed by atoms with E-state index >= 15 is 0 Å². The molecule has 0 aliphatic heterocycles. The second kappa shape index (κ2) is 2.45. The Bertz CT molecular complexity index is 352. The van der Waals surface area contributed by atoms with Crippen molar-refractivity contribution in [2.75, 3.05) is 0 Å². The highest BCUT2D eigenvalue weighted by Crippen LogP contribution is 2.06. The summed E-state index contributed by atoms with van der Waals surface area (Å²) in [5, 5.41) is 8.80. The Labute approximate surface area is 68.2 Å². The van der Waals surface area contributed by atoms with Crippen molar-refractivity contribution in [3.05, 3.63) is 24.4 Å². The van der Waals surface area contributed by atoms with Crippen molar-refractivity contribution in [1.29, 1.82) is 0 Å². The van der Waals surface area contributed by atoms with Gasteiger partial charge in [0.15, 0.2) is 0 Å². The van der Waals surface area contributed by atoms with Gasteiger partial charge in [0.05, 0.1) is 0 Å². The molecular weight excluding hydrogens is 251 g/mol. The molecule has 0 aliphatic carbocycles. The maximum absolute atomic E-state index is 10.6. The van der Waals surface area contributed by atoms with Crippen molar-refractivity contribution in [2.45, 2.75) is 0 Å². The van der Waals surface area contributed by atoms with Gasteiger partial charge in [-0.25, -0.2) is 4.79 Å². The molecule has 54 valence electrons. The maximum atomic E-state index is 10.6. The summed E-state index contributed by atoms with van der Waals surface area (Å²) >= 11 is 1.62. The Kier molecular flexibility index (Phi) is 1.79. The van der Waals surface area contributed by atoms with Crippen LogP contribution in [0.3, 0.4) is 0 Å². The summed E-state index contributed by atoms with van der Waals surface area (Å²) < 4.78 is 0.0807. The molecule has 1 rings (SSSR count). The van der Waals surface area contributed by atoms with Crippen molar-refractivity contribution in [1.82, 2.24) is 9.97 Å². The SMILES string of the molecule is O=c1[nH]c(O)c(I)c(=O)[nH]1. The van der Waals surface area contributed by atoms with Crippen molar-refractivity contribution < 1.29 is 5.11 Å². The molecule has 1 aromatic heterocycles. The van der Waals surface area contributed by atoms with E-state index in [1.165, 1.54) is 0 Å². The second-order valence-corrected chi connectivity index (χ2v) is 2.65. The number of aromatic amines is 2. The van der Waals surface area contributed by atoms with Crippen LogP contribution in [0.15, 0.2) is 9.59 Å². The molecular formula is C4H3IN2O3. The third-order valence-electron chi connectivity index (χ3n) is 0.866. The lowest BCUT2D eigenvalue weighted by Gasteiger charge is -1.90. The molecule has 0 saturated heterocycles. The zero-order valence-electron chi connectivity index (χ0n) is 4.64. The standard InChI is InChI=1S/C4H3IN2O3/c5-1-2(8)6-4(10)7-3(1)9/h(H3,6,7,8,9,10). The number of halogens is 1. The van der Waals surface area contributed by atoms with E-state index in [9.17, 15) is 9.59 Å². The number of aromatic nitrogens is 2. The molecule has 0 radical (unpaired) electrons. The fourth-order valence-electron chi connectivity index (χ4n) is 0.459. The van der Waals surface area contributed by atoms with Crippen molar-refractivity contribution in [2.24, 2.45) is 0 Å². The number of rotatable bonds is 0. The molecule has 1 aromatic rings. The van der Waals surface area contributed by atoms with Gasteiger partial charge in [0.1, 0.15) is 3.57 Å². The first-order valence-corrected chi connectivity index (χ1v) is 3.40. The minimum atomic E-state index is -0.706. The van der Waals surface area contributed by atoms with E-state index in [1.54, 1.807) is 22.6 Å². The van der Waals surface area contributed by atoms with Gasteiger partial charge in [0.25, 0.3) is 5.56 Å². The van der Waals surface area contributed by atoms with Crippen LogP contribution in [0.2, 0.25) is 0 Å². The number of nitrogens with one attached hydrogen (secondary N) is 2. The van der Waals surface area contributed by atoms with E-state index in [2.05, 4.69) is 0 Å². The molecule has 3 N–H and O–H groups in total. The number of hydrogen-bond donors (Lipinski definition) is 3. The highest BCUT2D eigenvalue weighted by atomic mass is 127. The normalized spacial score (nSPS) is 9.70. The van der Waals surface area contributed by atoms with Gasteiger partial charge in [-0.15, -0.1) is 0 Å². The molecule has 0 fully saturated rings. The minimum absolute atomic E-state index is 0.0807. The summed E-state index contributed by atoms with van der Waals surface area (Å²) in [7, 11) is 0. The predicted octanol–water partition coefficient (Wildman–Crippen LogP) is -0.627. The summed E-state index contributed by atoms with van der Waals surface area (Å²) in [6, 6.07) is 0. The molecule has 0 atom stereocenters. The maximum Gasteiger partial charge on any atom is 0.328 e. The predicted molar refractivity (Wildman–Crippen MR) is 42.1 cm³/mol. The van der Waals surface area contributed by atoms with Crippen molar-refractivity contribution >= 4 is 22.6 Å². The first-order chi connectivity index (χ1) is 4.61. The van der Waals surface area contributed by atoms with Gasteiger partial charge in [-0.05, 0) is 22.6 Å². The van der Waals surface area contributed by atoms with Crippen LogP contribution in [0.25, 0.3) is 0 Å². The second-order valence-electron chi connectivity index (χ2n) is 1.57. The summed E-state index contributed by atoms with van der Waals surface area (Å²) in [5.41, 5.74) is -1.29. The molecule has 0 aromatic carbocycles. The Morgan fingerprint density at radius 2 is 1.90 bits per heavy atom. The lowest BCUT2D eigenvalue weighted by Crippen LogP contribution is -2.23. The molecule has 0 spiro atoms. The van der Waals surface area contributed by atoms with Gasteiger partial charge >= 0.3 is 5.69 Å². The van der Waals surface area contributed by atoms with Gasteiger partial charge in [0, 0.05) is 0 Å². The molecule has 5 nitrogen and oxygen atoms in total. The van der Waals surface area contributed by atoms with Gasteiger partial charge in [0.2, 0.25) is 5.88 Å². The third-order valence-corrected chi connectivity index (χ3v) is 1.87. The van der Waals surface area contributed by atoms with Gasteiger partial charge in [-0.2, -0.15) is 0 Å². The van der Waals surface area contributed by atoms with Crippen molar-refractivity contribution in [3.8, 4) is 5.88 Å². The molecule has 0 aliphatic rings. The van der Waals surface area contributed by atoms with Crippen LogP contribution in [-0.4, -0.2) is 15.1 Å². The van der Waals surface area contributed by atoms with Gasteiger partial charge in [-0.3, -0.25) is 14.8 Å². The fourth-order valence-corrected chi connectivity index (χ4v) is 0.729. The van der Waals surface area contributed by atoms with Crippen LogP contribution in [0, 0.1) is 3.57 Å². The molecule has 0 saturated carbocycles. The topological polar surface area (TPSA) is 85.9 Å². The molecule has 1 heterocycles. The van der Waals surface area contributed by atoms with E-state index < -0.39 is 17.1 Å². The smallest absolute Gasteiger partial charge is 0.328 e. The molecule has 0 unspecified atom stereocenters. The lowest BCUT2D eigenvalue weighted by molar-refractivity contribution is 0.444. The van der Waals surface area contributed by atoms with E-state index in [1.807, 2.05) is 9.97 Å². The monoisotopic (exact) mass is 254 g/mol. The zero-order valence-corrected chi connectivity index (χ0v) is 6.80. The third kappa shape index (κ3) is 1.20. The zero-order chi connectivity index (χ0) is 7.72. The Hall–Kier alpha value is -0.790. The van der Waals surface area contributed by atoms with Crippen LogP contribution in [0.4, 0.5) is 0 Å². The van der Waals surface area contributed by atoms with E-state index in [0.717, 1.165) is 0 Å². The van der Waals surface area contributed by atoms with Crippen molar-refractivity contribution in [3.63, 3.8) is 0 Å². The average Bonchev–Trinajstić information content (AvgIpc) is 1.82. The Balaban J connectivity index is 3.62. The highest BCUT2D eigenvalue weighted by molar-refractivity contribution is 14.1. The van der Waals surface area contributed by atoms with Crippen LogP contribution >= 0.6 is 22.6 Å². The van der Waals surface area contributed by atoms with E-state index in [4.69, 9.17) is 5.11 Å². The summed E-state index contributed by atoms with van der Waals surface area (Å²) in [5.74, 6) is -0.394. The molecule has 0 bridgehead atoms. The number of hydrogen-bond acceptors (Lipinski definition) is 3. The molecule has 10 heavy (non-hydrogen) atoms. The molecule has 6 heteroatoms. The Morgan fingerprint density at radius 3 is 2.40 bits per heavy atom. The number of aromatic hydroxyl groups is 1. The molecule has 0 amide bonds. The summed E-state index contributed by atoms with van der Waals surface area (Å²) in [4.78, 5) is 25.0. The first-order valence-electron chi connectivity index (χ1n) is 2.32. The fraction of sp³-hybridized carbons (Fsp3) is 0. The average molecular weight is 254 g/mol. The van der Waals surface area contributed by atoms with Gasteiger partial charge in [-0.1, -0.05) is 0 Å². The van der Waals surface area contributed by atoms with Crippen LogP contribution < -0.4 is 11.2 Å². The highest BCUT2D eigenvalue weighted by Gasteiger charge is 2.01. The number of H-pyrrole nitrogens is 2. The van der Waals surface area contributed by atoms with Crippen LogP contribution in [0.5, 0.6) is 5.88 Å². The minimum Gasteiger partial charge on any atom is -0.494 e. The lowest BCUT2D eigenvalue weighted by atomic mass is 10.6. The summed E-state index contributed by atoms with van der Waals surface area (Å²) in [6.45, 7) is 0. The summed E-state index contributed by atoms with van der Waals surface area (Å²) in [6.07, 6.45) is 0. The largest absolute Gasteiger partial charge is 0.494 e. The Morgan fingerprint density at radius 1 is 1.30 bits per heavy atom. The van der Waals surface area contributed by atoms with Crippen LogP contribution in [-0.2, 0) is 0 Å². The van der Waals surface area contributed by atoms with E-state index in [-0.39, 0.29) is 3.57 Å². The van der Waals surface area contributed by atoms with Gasteiger partial charge < -0.3 is 5.11 Å². The van der Waals surface area contributed by atoms with E-state index in [0.29, 0.717) is 0 Å².